The number of rotatable bonds is 5. The van der Waals surface area contributed by atoms with Gasteiger partial charge in [-0.3, -0.25) is 9.48 Å². The topological polar surface area (TPSA) is 81.9 Å². The number of benzene rings is 1. The highest BCUT2D eigenvalue weighted by Crippen LogP contribution is 2.25. The van der Waals surface area contributed by atoms with Crippen molar-refractivity contribution in [2.75, 3.05) is 13.2 Å². The van der Waals surface area contributed by atoms with E-state index >= 15 is 0 Å². The number of nitrogens with zero attached hydrogens (tertiary/aromatic N) is 4. The van der Waals surface area contributed by atoms with Crippen molar-refractivity contribution < 1.29 is 9.53 Å². The molecule has 2 aromatic heterocycles. The zero-order chi connectivity index (χ0) is 17.8. The van der Waals surface area contributed by atoms with E-state index in [1.165, 1.54) is 23.5 Å². The van der Waals surface area contributed by atoms with E-state index in [-0.39, 0.29) is 12.0 Å². The van der Waals surface area contributed by atoms with Gasteiger partial charge in [-0.15, -0.1) is 0 Å². The Morgan fingerprint density at radius 1 is 1.23 bits per heavy atom. The normalized spacial score (nSPS) is 16.1. The quantitative estimate of drug-likeness (QED) is 0.759. The molecular formula is C19H19N5O2. The average molecular weight is 349 g/mol. The molecule has 0 radical (unpaired) electrons. The highest BCUT2D eigenvalue weighted by atomic mass is 16.5. The lowest BCUT2D eigenvalue weighted by atomic mass is 10.1. The molecule has 0 bridgehead atoms. The molecule has 1 amide bonds. The molecule has 0 aliphatic carbocycles. The Balaban J connectivity index is 1.44. The molecule has 1 atom stereocenters. The highest BCUT2D eigenvalue weighted by molar-refractivity contribution is 5.93. The van der Waals surface area contributed by atoms with E-state index in [0.717, 1.165) is 18.7 Å². The van der Waals surface area contributed by atoms with Gasteiger partial charge in [-0.2, -0.15) is 15.3 Å². The summed E-state index contributed by atoms with van der Waals surface area (Å²) in [6, 6.07) is 11.8. The summed E-state index contributed by atoms with van der Waals surface area (Å²) in [6.07, 6.45) is 5.61. The Hall–Kier alpha value is -3.06. The third kappa shape index (κ3) is 3.62. The van der Waals surface area contributed by atoms with E-state index in [4.69, 9.17) is 9.84 Å². The van der Waals surface area contributed by atoms with Crippen LogP contribution in [-0.2, 0) is 17.7 Å². The van der Waals surface area contributed by atoms with Crippen LogP contribution < -0.4 is 5.32 Å². The van der Waals surface area contributed by atoms with E-state index in [1.807, 2.05) is 22.9 Å². The maximum Gasteiger partial charge on any atom is 0.253 e. The Morgan fingerprint density at radius 3 is 2.92 bits per heavy atom. The standard InChI is InChI=1S/C19H19N5O2/c25-19(15-6-8-21-22-10-15)20-11-17-18-16(7-9-26-17)13-24(23-18)12-14-4-2-1-3-5-14/h1-6,8,10,13,17H,7,9,11-12H2,(H,20,25)/t17-/m0/s1. The maximum absolute atomic E-state index is 12.2. The first kappa shape index (κ1) is 16.4. The van der Waals surface area contributed by atoms with Crippen molar-refractivity contribution in [3.63, 3.8) is 0 Å². The van der Waals surface area contributed by atoms with Gasteiger partial charge < -0.3 is 10.1 Å². The monoisotopic (exact) mass is 349 g/mol. The minimum Gasteiger partial charge on any atom is -0.370 e. The molecule has 3 aromatic rings. The third-order valence-corrected chi connectivity index (χ3v) is 4.35. The van der Waals surface area contributed by atoms with Crippen LogP contribution in [0.2, 0.25) is 0 Å². The first-order chi connectivity index (χ1) is 12.8. The Morgan fingerprint density at radius 2 is 2.12 bits per heavy atom. The number of fused-ring (bicyclic) bond motifs is 1. The SMILES string of the molecule is O=C(NC[C@@H]1OCCc2cn(Cc3ccccc3)nc21)c1ccnnc1. The van der Waals surface area contributed by atoms with Crippen LogP contribution in [0.3, 0.4) is 0 Å². The summed E-state index contributed by atoms with van der Waals surface area (Å²) in [6.45, 7) is 1.72. The average Bonchev–Trinajstić information content (AvgIpc) is 3.10. The molecule has 7 nitrogen and oxygen atoms in total. The molecule has 1 aromatic carbocycles. The van der Waals surface area contributed by atoms with Gasteiger partial charge in [0.15, 0.2) is 0 Å². The number of hydrogen-bond donors (Lipinski definition) is 1. The molecule has 7 heteroatoms. The molecular weight excluding hydrogens is 330 g/mol. The van der Waals surface area contributed by atoms with Gasteiger partial charge in [0.2, 0.25) is 0 Å². The Labute approximate surface area is 151 Å². The molecule has 0 saturated carbocycles. The smallest absolute Gasteiger partial charge is 0.253 e. The molecule has 26 heavy (non-hydrogen) atoms. The first-order valence-corrected chi connectivity index (χ1v) is 8.56. The van der Waals surface area contributed by atoms with Crippen molar-refractivity contribution in [2.45, 2.75) is 19.1 Å². The van der Waals surface area contributed by atoms with E-state index in [0.29, 0.717) is 18.7 Å². The van der Waals surface area contributed by atoms with E-state index in [9.17, 15) is 4.79 Å². The van der Waals surface area contributed by atoms with Gasteiger partial charge in [-0.25, -0.2) is 0 Å². The zero-order valence-electron chi connectivity index (χ0n) is 14.2. The predicted molar refractivity (Wildman–Crippen MR) is 94.5 cm³/mol. The van der Waals surface area contributed by atoms with Crippen molar-refractivity contribution in [1.82, 2.24) is 25.3 Å². The molecule has 3 heterocycles. The second-order valence-electron chi connectivity index (χ2n) is 6.17. The summed E-state index contributed by atoms with van der Waals surface area (Å²) in [5.74, 6) is -0.195. The fourth-order valence-corrected chi connectivity index (χ4v) is 3.05. The van der Waals surface area contributed by atoms with Crippen LogP contribution >= 0.6 is 0 Å². The summed E-state index contributed by atoms with van der Waals surface area (Å²) in [5, 5.41) is 15.0. The van der Waals surface area contributed by atoms with Crippen molar-refractivity contribution >= 4 is 5.91 Å². The van der Waals surface area contributed by atoms with Crippen LogP contribution in [0.1, 0.15) is 33.3 Å². The summed E-state index contributed by atoms with van der Waals surface area (Å²) in [4.78, 5) is 12.2. The van der Waals surface area contributed by atoms with E-state index in [1.54, 1.807) is 6.07 Å². The van der Waals surface area contributed by atoms with Gasteiger partial charge in [0.05, 0.1) is 36.8 Å². The predicted octanol–water partition coefficient (Wildman–Crippen LogP) is 1.77. The Kier molecular flexibility index (Phi) is 4.70. The molecule has 1 aliphatic rings. The minimum atomic E-state index is -0.241. The molecule has 0 fully saturated rings. The van der Waals surface area contributed by atoms with E-state index < -0.39 is 0 Å². The number of carbonyl (C=O) groups excluding carboxylic acids is 1. The number of carbonyl (C=O) groups is 1. The highest BCUT2D eigenvalue weighted by Gasteiger charge is 2.25. The fourth-order valence-electron chi connectivity index (χ4n) is 3.05. The number of aromatic nitrogens is 4. The number of hydrogen-bond acceptors (Lipinski definition) is 5. The maximum atomic E-state index is 12.2. The van der Waals surface area contributed by atoms with Crippen LogP contribution in [0.15, 0.2) is 55.0 Å². The van der Waals surface area contributed by atoms with Crippen LogP contribution in [0.4, 0.5) is 0 Å². The third-order valence-electron chi connectivity index (χ3n) is 4.35. The van der Waals surface area contributed by atoms with Crippen LogP contribution in [0, 0.1) is 0 Å². The number of nitrogens with one attached hydrogen (secondary N) is 1. The van der Waals surface area contributed by atoms with Gasteiger partial charge >= 0.3 is 0 Å². The van der Waals surface area contributed by atoms with Crippen LogP contribution in [-0.4, -0.2) is 39.0 Å². The lowest BCUT2D eigenvalue weighted by molar-refractivity contribution is 0.0383. The van der Waals surface area contributed by atoms with Gasteiger partial charge in [-0.1, -0.05) is 30.3 Å². The zero-order valence-corrected chi connectivity index (χ0v) is 14.2. The molecule has 4 rings (SSSR count). The summed E-state index contributed by atoms with van der Waals surface area (Å²) < 4.78 is 7.78. The van der Waals surface area contributed by atoms with Gasteiger partial charge in [0.1, 0.15) is 6.10 Å². The molecule has 1 N–H and O–H groups in total. The van der Waals surface area contributed by atoms with Gasteiger partial charge in [0, 0.05) is 12.7 Å². The molecule has 0 unspecified atom stereocenters. The number of amides is 1. The van der Waals surface area contributed by atoms with Crippen molar-refractivity contribution in [2.24, 2.45) is 0 Å². The number of ether oxygens (including phenoxy) is 1. The molecule has 132 valence electrons. The summed E-state index contributed by atoms with van der Waals surface area (Å²) in [5.41, 5.74) is 3.76. The Bertz CT molecular complexity index is 879. The molecule has 0 spiro atoms. The summed E-state index contributed by atoms with van der Waals surface area (Å²) in [7, 11) is 0. The van der Waals surface area contributed by atoms with Crippen LogP contribution in [0.5, 0.6) is 0 Å². The van der Waals surface area contributed by atoms with Crippen molar-refractivity contribution in [1.29, 1.82) is 0 Å². The second-order valence-corrected chi connectivity index (χ2v) is 6.17. The van der Waals surface area contributed by atoms with E-state index in [2.05, 4.69) is 33.8 Å². The largest absolute Gasteiger partial charge is 0.370 e. The lowest BCUT2D eigenvalue weighted by Gasteiger charge is -2.22. The van der Waals surface area contributed by atoms with Gasteiger partial charge in [-0.05, 0) is 23.6 Å². The lowest BCUT2D eigenvalue weighted by Crippen LogP contribution is -2.32. The van der Waals surface area contributed by atoms with Gasteiger partial charge in [0.25, 0.3) is 5.91 Å². The first-order valence-electron chi connectivity index (χ1n) is 8.56. The minimum absolute atomic E-state index is 0.195. The fraction of sp³-hybridized carbons (Fsp3) is 0.263. The second kappa shape index (κ2) is 7.45. The van der Waals surface area contributed by atoms with Crippen molar-refractivity contribution in [3.05, 3.63) is 77.4 Å². The van der Waals surface area contributed by atoms with Crippen LogP contribution in [0.25, 0.3) is 0 Å². The molecule has 1 aliphatic heterocycles. The summed E-state index contributed by atoms with van der Waals surface area (Å²) >= 11 is 0. The molecule has 0 saturated heterocycles. The van der Waals surface area contributed by atoms with Crippen molar-refractivity contribution in [3.8, 4) is 0 Å².